The lowest BCUT2D eigenvalue weighted by molar-refractivity contribution is 0.302. The van der Waals surface area contributed by atoms with Gasteiger partial charge < -0.3 is 10.0 Å². The van der Waals surface area contributed by atoms with Gasteiger partial charge >= 0.3 is 0 Å². The highest BCUT2D eigenvalue weighted by molar-refractivity contribution is 7.13. The van der Waals surface area contributed by atoms with Crippen LogP contribution in [0.5, 0.6) is 0 Å². The van der Waals surface area contributed by atoms with Crippen molar-refractivity contribution in [2.45, 2.75) is 19.8 Å². The third kappa shape index (κ3) is 4.99. The van der Waals surface area contributed by atoms with Crippen LogP contribution in [0.3, 0.4) is 0 Å². The molecule has 27 heavy (non-hydrogen) atoms. The molecule has 0 saturated heterocycles. The fourth-order valence-corrected chi connectivity index (χ4v) is 3.69. The summed E-state index contributed by atoms with van der Waals surface area (Å²) in [5.74, 6) is 0.783. The highest BCUT2D eigenvalue weighted by atomic mass is 32.1. The van der Waals surface area contributed by atoms with Gasteiger partial charge in [-0.25, -0.2) is 15.0 Å². The molecule has 1 unspecified atom stereocenters. The van der Waals surface area contributed by atoms with E-state index in [-0.39, 0.29) is 12.5 Å². The number of benzene rings is 1. The van der Waals surface area contributed by atoms with Gasteiger partial charge in [0.2, 0.25) is 0 Å². The molecule has 0 spiro atoms. The summed E-state index contributed by atoms with van der Waals surface area (Å²) in [4.78, 5) is 15.7. The van der Waals surface area contributed by atoms with Crippen molar-refractivity contribution in [3.05, 3.63) is 59.7 Å². The summed E-state index contributed by atoms with van der Waals surface area (Å²) in [5, 5.41) is 12.1. The number of nitrogens with zero attached hydrogens (tertiary/aromatic N) is 4. The average Bonchev–Trinajstić information content (AvgIpc) is 3.21. The van der Waals surface area contributed by atoms with E-state index in [1.54, 1.807) is 11.3 Å². The third-order valence-electron chi connectivity index (χ3n) is 4.28. The van der Waals surface area contributed by atoms with Crippen molar-refractivity contribution in [2.75, 3.05) is 24.6 Å². The monoisotopic (exact) mass is 380 g/mol. The van der Waals surface area contributed by atoms with E-state index >= 15 is 0 Å². The van der Waals surface area contributed by atoms with Crippen LogP contribution >= 0.6 is 11.3 Å². The Bertz CT molecular complexity index is 861. The maximum absolute atomic E-state index is 9.15. The smallest absolute Gasteiger partial charge is 0.185 e. The highest BCUT2D eigenvalue weighted by Crippen LogP contribution is 2.25. The molecule has 0 bridgehead atoms. The number of aliphatic imine (C=N–C) groups is 1. The lowest BCUT2D eigenvalue weighted by atomic mass is 10.1. The zero-order chi connectivity index (χ0) is 19.1. The maximum Gasteiger partial charge on any atom is 0.185 e. The van der Waals surface area contributed by atoms with Gasteiger partial charge in [-0.05, 0) is 24.6 Å². The van der Waals surface area contributed by atoms with Gasteiger partial charge in [0, 0.05) is 42.4 Å². The summed E-state index contributed by atoms with van der Waals surface area (Å²) in [6.45, 7) is 5.69. The summed E-state index contributed by atoms with van der Waals surface area (Å²) in [6, 6.07) is 14.1. The number of rotatable bonds is 8. The molecule has 6 heteroatoms. The van der Waals surface area contributed by atoms with Crippen LogP contribution in [0.25, 0.3) is 11.1 Å². The lowest BCUT2D eigenvalue weighted by Crippen LogP contribution is -2.26. The standard InChI is InChI=1S/C21H24N4OS/c1-3-25(11-12-26)21-24-19(15-27-21)16(2)13-22-20-10-9-18(14-23-20)17-7-5-4-6-8-17/h4-10,13-16,26H,3,11-12H2,1-2H3. The van der Waals surface area contributed by atoms with Crippen molar-refractivity contribution in [1.29, 1.82) is 0 Å². The normalized spacial score (nSPS) is 12.4. The molecule has 0 aliphatic rings. The van der Waals surface area contributed by atoms with E-state index in [2.05, 4.69) is 51.2 Å². The van der Waals surface area contributed by atoms with Crippen LogP contribution in [0.4, 0.5) is 10.9 Å². The molecular weight excluding hydrogens is 356 g/mol. The SMILES string of the molecule is CCN(CCO)c1nc(C(C)C=Nc2ccc(-c3ccccc3)cn2)cs1. The molecule has 0 aliphatic heterocycles. The minimum atomic E-state index is 0.0958. The van der Waals surface area contributed by atoms with Gasteiger partial charge in [0.1, 0.15) is 0 Å². The molecule has 140 valence electrons. The number of anilines is 1. The number of likely N-dealkylation sites (N-methyl/N-ethyl adjacent to an activating group) is 1. The van der Waals surface area contributed by atoms with E-state index in [0.29, 0.717) is 12.4 Å². The third-order valence-corrected chi connectivity index (χ3v) is 5.20. The number of pyridine rings is 1. The van der Waals surface area contributed by atoms with Crippen LogP contribution < -0.4 is 4.90 Å². The van der Waals surface area contributed by atoms with Crippen molar-refractivity contribution in [1.82, 2.24) is 9.97 Å². The molecule has 3 rings (SSSR count). The van der Waals surface area contributed by atoms with Crippen molar-refractivity contribution in [3.8, 4) is 11.1 Å². The van der Waals surface area contributed by atoms with Gasteiger partial charge in [0.15, 0.2) is 10.9 Å². The van der Waals surface area contributed by atoms with E-state index in [1.807, 2.05) is 42.7 Å². The van der Waals surface area contributed by atoms with Crippen LogP contribution in [0, 0.1) is 0 Å². The minimum Gasteiger partial charge on any atom is -0.395 e. The van der Waals surface area contributed by atoms with E-state index in [0.717, 1.165) is 28.5 Å². The Morgan fingerprint density at radius 2 is 2.00 bits per heavy atom. The first-order valence-electron chi connectivity index (χ1n) is 9.08. The first-order valence-corrected chi connectivity index (χ1v) is 9.96. The van der Waals surface area contributed by atoms with Crippen molar-refractivity contribution >= 4 is 28.5 Å². The molecule has 1 aromatic carbocycles. The van der Waals surface area contributed by atoms with E-state index in [1.165, 1.54) is 0 Å². The Hall–Kier alpha value is -2.57. The number of hydrogen-bond acceptors (Lipinski definition) is 6. The molecule has 2 heterocycles. The molecule has 5 nitrogen and oxygen atoms in total. The first kappa shape index (κ1) is 19.2. The Labute approximate surface area is 164 Å². The Morgan fingerprint density at radius 1 is 1.19 bits per heavy atom. The summed E-state index contributed by atoms with van der Waals surface area (Å²) < 4.78 is 0. The molecule has 0 aliphatic carbocycles. The number of aromatic nitrogens is 2. The molecule has 1 N–H and O–H groups in total. The van der Waals surface area contributed by atoms with E-state index < -0.39 is 0 Å². The van der Waals surface area contributed by atoms with Crippen LogP contribution in [0.2, 0.25) is 0 Å². The van der Waals surface area contributed by atoms with Gasteiger partial charge in [-0.3, -0.25) is 0 Å². The van der Waals surface area contributed by atoms with Crippen molar-refractivity contribution in [2.24, 2.45) is 4.99 Å². The van der Waals surface area contributed by atoms with E-state index in [9.17, 15) is 0 Å². The molecule has 1 atom stereocenters. The Morgan fingerprint density at radius 3 is 2.67 bits per heavy atom. The van der Waals surface area contributed by atoms with Crippen LogP contribution in [-0.2, 0) is 0 Å². The predicted octanol–water partition coefficient (Wildman–Crippen LogP) is 4.53. The van der Waals surface area contributed by atoms with Gasteiger partial charge in [0.25, 0.3) is 0 Å². The summed E-state index contributed by atoms with van der Waals surface area (Å²) in [6.07, 6.45) is 3.73. The molecule has 0 saturated carbocycles. The molecule has 0 fully saturated rings. The van der Waals surface area contributed by atoms with Crippen molar-refractivity contribution in [3.63, 3.8) is 0 Å². The van der Waals surface area contributed by atoms with Crippen LogP contribution in [0.15, 0.2) is 59.0 Å². The molecule has 0 radical (unpaired) electrons. The predicted molar refractivity (Wildman–Crippen MR) is 113 cm³/mol. The Kier molecular flexibility index (Phi) is 6.68. The van der Waals surface area contributed by atoms with Gasteiger partial charge in [-0.1, -0.05) is 37.3 Å². The second kappa shape index (κ2) is 9.39. The van der Waals surface area contributed by atoms with Crippen molar-refractivity contribution < 1.29 is 5.11 Å². The van der Waals surface area contributed by atoms with Gasteiger partial charge in [0.05, 0.1) is 12.3 Å². The maximum atomic E-state index is 9.15. The topological polar surface area (TPSA) is 61.6 Å². The summed E-state index contributed by atoms with van der Waals surface area (Å²) >= 11 is 1.60. The van der Waals surface area contributed by atoms with Crippen LogP contribution in [-0.4, -0.2) is 41.0 Å². The quantitative estimate of drug-likeness (QED) is 0.583. The fraction of sp³-hybridized carbons (Fsp3) is 0.286. The number of thiazole rings is 1. The zero-order valence-electron chi connectivity index (χ0n) is 15.6. The molecule has 2 aromatic heterocycles. The van der Waals surface area contributed by atoms with E-state index in [4.69, 9.17) is 5.11 Å². The number of aliphatic hydroxyl groups excluding tert-OH is 1. The minimum absolute atomic E-state index is 0.0958. The number of aliphatic hydroxyl groups is 1. The lowest BCUT2D eigenvalue weighted by Gasteiger charge is -2.17. The second-order valence-electron chi connectivity index (χ2n) is 6.20. The van der Waals surface area contributed by atoms with Gasteiger partial charge in [-0.2, -0.15) is 0 Å². The molecule has 0 amide bonds. The zero-order valence-corrected chi connectivity index (χ0v) is 16.4. The van der Waals surface area contributed by atoms with Crippen LogP contribution in [0.1, 0.15) is 25.5 Å². The second-order valence-corrected chi connectivity index (χ2v) is 7.03. The first-order chi connectivity index (χ1) is 13.2. The summed E-state index contributed by atoms with van der Waals surface area (Å²) in [5.41, 5.74) is 3.21. The fourth-order valence-electron chi connectivity index (χ4n) is 2.67. The molecule has 3 aromatic rings. The highest BCUT2D eigenvalue weighted by Gasteiger charge is 2.12. The Balaban J connectivity index is 1.66. The average molecular weight is 381 g/mol. The number of hydrogen-bond donors (Lipinski definition) is 1. The molecular formula is C21H24N4OS. The van der Waals surface area contributed by atoms with Gasteiger partial charge in [-0.15, -0.1) is 11.3 Å². The summed E-state index contributed by atoms with van der Waals surface area (Å²) in [7, 11) is 0. The largest absolute Gasteiger partial charge is 0.395 e.